The van der Waals surface area contributed by atoms with Crippen LogP contribution >= 0.6 is 0 Å². The van der Waals surface area contributed by atoms with Crippen molar-refractivity contribution in [2.75, 3.05) is 0 Å². The minimum Gasteiger partial charge on any atom is -0.374 e. The Morgan fingerprint density at radius 1 is 0.829 bits per heavy atom. The molecule has 5 rings (SSSR count). The van der Waals surface area contributed by atoms with Crippen LogP contribution in [0.4, 0.5) is 0 Å². The van der Waals surface area contributed by atoms with Crippen molar-refractivity contribution >= 4 is 0 Å². The average Bonchev–Trinajstić information content (AvgIpc) is 3.20. The highest BCUT2D eigenvalue weighted by atomic mass is 16.5. The standard InChI is InChI=1S/C34H54O/c1-24(2)10-9-11-25(3)30-16-17-31-29-15-14-27-22-28(35-23-26-12-7-6-8-13-26)18-20-33(27,4)32(29)19-21-34(30,31)5/h6-8,12-13,24-25,27-32H,9-11,14-23H2,1-5H3/t25-,27+,28+,29+,30-,31+,32+,33+,34-/m1/s1. The minimum absolute atomic E-state index is 0.473. The topological polar surface area (TPSA) is 9.23 Å². The Hall–Kier alpha value is -0.820. The van der Waals surface area contributed by atoms with Crippen molar-refractivity contribution < 1.29 is 4.74 Å². The second kappa shape index (κ2) is 10.5. The van der Waals surface area contributed by atoms with Crippen LogP contribution in [0.25, 0.3) is 0 Å². The molecule has 0 amide bonds. The molecule has 4 aliphatic carbocycles. The lowest BCUT2D eigenvalue weighted by molar-refractivity contribution is -0.138. The van der Waals surface area contributed by atoms with Gasteiger partial charge in [0.1, 0.15) is 0 Å². The van der Waals surface area contributed by atoms with E-state index >= 15 is 0 Å². The molecular formula is C34H54O. The molecule has 1 aromatic rings. The number of rotatable bonds is 8. The molecule has 1 nitrogen and oxygen atoms in total. The molecule has 0 aromatic heterocycles. The van der Waals surface area contributed by atoms with Crippen molar-refractivity contribution in [3.05, 3.63) is 35.9 Å². The van der Waals surface area contributed by atoms with Crippen LogP contribution in [0.15, 0.2) is 30.3 Å². The van der Waals surface area contributed by atoms with Gasteiger partial charge in [-0.3, -0.25) is 0 Å². The van der Waals surface area contributed by atoms with E-state index in [1.807, 2.05) is 0 Å². The second-order valence-corrected chi connectivity index (χ2v) is 14.4. The van der Waals surface area contributed by atoms with Crippen LogP contribution in [0.2, 0.25) is 0 Å². The number of ether oxygens (including phenoxy) is 1. The van der Waals surface area contributed by atoms with Gasteiger partial charge < -0.3 is 4.74 Å². The monoisotopic (exact) mass is 478 g/mol. The van der Waals surface area contributed by atoms with Crippen LogP contribution in [-0.4, -0.2) is 6.10 Å². The molecule has 0 saturated heterocycles. The Kier molecular flexibility index (Phi) is 7.75. The van der Waals surface area contributed by atoms with Gasteiger partial charge in [-0.1, -0.05) is 84.2 Å². The van der Waals surface area contributed by atoms with E-state index in [1.165, 1.54) is 82.6 Å². The largest absolute Gasteiger partial charge is 0.374 e. The minimum atomic E-state index is 0.473. The summed E-state index contributed by atoms with van der Waals surface area (Å²) in [6.45, 7) is 13.6. The zero-order chi connectivity index (χ0) is 24.6. The molecule has 35 heavy (non-hydrogen) atoms. The van der Waals surface area contributed by atoms with Gasteiger partial charge in [-0.05, 0) is 116 Å². The molecule has 0 radical (unpaired) electrons. The summed E-state index contributed by atoms with van der Waals surface area (Å²) in [6, 6.07) is 10.8. The van der Waals surface area contributed by atoms with Crippen LogP contribution in [0.3, 0.4) is 0 Å². The maximum absolute atomic E-state index is 6.47. The molecule has 1 heteroatoms. The molecule has 0 unspecified atom stereocenters. The molecule has 1 aromatic carbocycles. The van der Waals surface area contributed by atoms with Gasteiger partial charge in [0, 0.05) is 0 Å². The number of fused-ring (bicyclic) bond motifs is 5. The molecule has 0 heterocycles. The average molecular weight is 479 g/mol. The molecule has 4 saturated carbocycles. The first kappa shape index (κ1) is 25.8. The van der Waals surface area contributed by atoms with Crippen molar-refractivity contribution in [2.24, 2.45) is 52.3 Å². The quantitative estimate of drug-likeness (QED) is 0.361. The van der Waals surface area contributed by atoms with E-state index in [4.69, 9.17) is 4.74 Å². The normalized spacial score (nSPS) is 41.8. The lowest BCUT2D eigenvalue weighted by Crippen LogP contribution is -2.54. The summed E-state index contributed by atoms with van der Waals surface area (Å²) in [4.78, 5) is 0. The predicted molar refractivity (Wildman–Crippen MR) is 148 cm³/mol. The third kappa shape index (κ3) is 5.02. The van der Waals surface area contributed by atoms with Gasteiger partial charge in [0.05, 0.1) is 12.7 Å². The fraction of sp³-hybridized carbons (Fsp3) is 0.824. The smallest absolute Gasteiger partial charge is 0.0720 e. The Bertz CT molecular complexity index is 815. The van der Waals surface area contributed by atoms with Crippen LogP contribution in [-0.2, 0) is 11.3 Å². The van der Waals surface area contributed by atoms with Gasteiger partial charge in [0.25, 0.3) is 0 Å². The Balaban J connectivity index is 1.20. The lowest BCUT2D eigenvalue weighted by Gasteiger charge is -2.61. The summed E-state index contributed by atoms with van der Waals surface area (Å²) in [5, 5.41) is 0. The zero-order valence-electron chi connectivity index (χ0n) is 23.6. The molecule has 9 atom stereocenters. The predicted octanol–water partition coefficient (Wildman–Crippen LogP) is 9.69. The molecule has 0 aliphatic heterocycles. The highest BCUT2D eigenvalue weighted by Crippen LogP contribution is 2.68. The Morgan fingerprint density at radius 3 is 2.34 bits per heavy atom. The van der Waals surface area contributed by atoms with Gasteiger partial charge >= 0.3 is 0 Å². The molecule has 0 N–H and O–H groups in total. The third-order valence-corrected chi connectivity index (χ3v) is 12.1. The van der Waals surface area contributed by atoms with Crippen molar-refractivity contribution in [2.45, 2.75) is 124 Å². The van der Waals surface area contributed by atoms with Gasteiger partial charge in [0.2, 0.25) is 0 Å². The van der Waals surface area contributed by atoms with Crippen LogP contribution in [0.1, 0.15) is 117 Å². The molecule has 0 spiro atoms. The van der Waals surface area contributed by atoms with E-state index in [-0.39, 0.29) is 0 Å². The number of hydrogen-bond acceptors (Lipinski definition) is 1. The highest BCUT2D eigenvalue weighted by molar-refractivity contribution is 5.14. The van der Waals surface area contributed by atoms with Crippen LogP contribution in [0.5, 0.6) is 0 Å². The van der Waals surface area contributed by atoms with E-state index in [0.717, 1.165) is 48.0 Å². The highest BCUT2D eigenvalue weighted by Gasteiger charge is 2.60. The Labute approximate surface area is 217 Å². The zero-order valence-corrected chi connectivity index (χ0v) is 23.6. The fourth-order valence-corrected chi connectivity index (χ4v) is 10.2. The van der Waals surface area contributed by atoms with E-state index in [1.54, 1.807) is 0 Å². The first-order valence-electron chi connectivity index (χ1n) is 15.5. The Morgan fingerprint density at radius 2 is 1.57 bits per heavy atom. The van der Waals surface area contributed by atoms with Gasteiger partial charge in [-0.2, -0.15) is 0 Å². The molecule has 196 valence electrons. The van der Waals surface area contributed by atoms with Crippen LogP contribution < -0.4 is 0 Å². The summed E-state index contributed by atoms with van der Waals surface area (Å²) in [5.41, 5.74) is 2.51. The number of benzene rings is 1. The lowest BCUT2D eigenvalue weighted by atomic mass is 9.44. The SMILES string of the molecule is CC(C)CCC[C@@H](C)[C@H]1CC[C@H]2[C@@H]3CC[C@H]4C[C@@H](OCc5ccccc5)CC[C@]4(C)[C@H]3CC[C@]12C. The molecule has 0 bridgehead atoms. The van der Waals surface area contributed by atoms with E-state index in [9.17, 15) is 0 Å². The summed E-state index contributed by atoms with van der Waals surface area (Å²) < 4.78 is 6.47. The fourth-order valence-electron chi connectivity index (χ4n) is 10.2. The third-order valence-electron chi connectivity index (χ3n) is 12.1. The molecular weight excluding hydrogens is 424 g/mol. The molecule has 4 aliphatic rings. The number of hydrogen-bond donors (Lipinski definition) is 0. The first-order valence-corrected chi connectivity index (χ1v) is 15.5. The van der Waals surface area contributed by atoms with E-state index in [0.29, 0.717) is 16.9 Å². The van der Waals surface area contributed by atoms with Crippen LogP contribution in [0, 0.1) is 52.3 Å². The van der Waals surface area contributed by atoms with Crippen molar-refractivity contribution in [1.29, 1.82) is 0 Å². The van der Waals surface area contributed by atoms with Gasteiger partial charge in [-0.15, -0.1) is 0 Å². The van der Waals surface area contributed by atoms with Crippen molar-refractivity contribution in [3.8, 4) is 0 Å². The summed E-state index contributed by atoms with van der Waals surface area (Å²) in [5.74, 6) is 6.63. The van der Waals surface area contributed by atoms with Gasteiger partial charge in [0.15, 0.2) is 0 Å². The summed E-state index contributed by atoms with van der Waals surface area (Å²) in [6.07, 6.45) is 17.8. The van der Waals surface area contributed by atoms with E-state index in [2.05, 4.69) is 65.0 Å². The van der Waals surface area contributed by atoms with E-state index < -0.39 is 0 Å². The van der Waals surface area contributed by atoms with Crippen molar-refractivity contribution in [1.82, 2.24) is 0 Å². The summed E-state index contributed by atoms with van der Waals surface area (Å²) in [7, 11) is 0. The maximum atomic E-state index is 6.47. The maximum Gasteiger partial charge on any atom is 0.0720 e. The second-order valence-electron chi connectivity index (χ2n) is 14.4. The van der Waals surface area contributed by atoms with Crippen molar-refractivity contribution in [3.63, 3.8) is 0 Å². The first-order chi connectivity index (χ1) is 16.8. The summed E-state index contributed by atoms with van der Waals surface area (Å²) >= 11 is 0. The van der Waals surface area contributed by atoms with Gasteiger partial charge in [-0.25, -0.2) is 0 Å². The molecule has 4 fully saturated rings.